The number of nitrogens with one attached hydrogen (secondary N) is 1. The third-order valence-corrected chi connectivity index (χ3v) is 12.1. The van der Waals surface area contributed by atoms with Gasteiger partial charge in [0.15, 0.2) is 31.2 Å². The van der Waals surface area contributed by atoms with Crippen LogP contribution in [0, 0.1) is 23.5 Å². The molecule has 0 radical (unpaired) electrons. The van der Waals surface area contributed by atoms with E-state index in [-0.39, 0.29) is 53.9 Å². The van der Waals surface area contributed by atoms with Gasteiger partial charge in [-0.15, -0.1) is 0 Å². The van der Waals surface area contributed by atoms with Crippen LogP contribution in [0.2, 0.25) is 5.02 Å². The van der Waals surface area contributed by atoms with Gasteiger partial charge in [0.2, 0.25) is 0 Å². The maximum Gasteiger partial charge on any atom is 0.189 e. The lowest BCUT2D eigenvalue weighted by Gasteiger charge is -2.50. The van der Waals surface area contributed by atoms with Gasteiger partial charge < -0.3 is 14.8 Å². The van der Waals surface area contributed by atoms with E-state index in [1.807, 2.05) is 0 Å². The first kappa shape index (κ1) is 25.8. The van der Waals surface area contributed by atoms with Crippen LogP contribution in [-0.2, 0) is 29.2 Å². The Morgan fingerprint density at radius 1 is 1.03 bits per heavy atom. The summed E-state index contributed by atoms with van der Waals surface area (Å²) in [5, 5.41) is 3.36. The highest BCUT2D eigenvalue weighted by Crippen LogP contribution is 2.55. The van der Waals surface area contributed by atoms with E-state index in [0.29, 0.717) is 18.1 Å². The van der Waals surface area contributed by atoms with Gasteiger partial charge in [0.25, 0.3) is 0 Å². The van der Waals surface area contributed by atoms with Crippen molar-refractivity contribution in [1.29, 1.82) is 0 Å². The van der Waals surface area contributed by atoms with Crippen molar-refractivity contribution in [2.75, 3.05) is 37.8 Å². The highest BCUT2D eigenvalue weighted by molar-refractivity contribution is 7.92. The Morgan fingerprint density at radius 3 is 2.39 bits per heavy atom. The van der Waals surface area contributed by atoms with Gasteiger partial charge in [0.1, 0.15) is 10.6 Å². The molecular formula is C24H26ClF2NO6S2. The monoisotopic (exact) mass is 561 g/mol. The summed E-state index contributed by atoms with van der Waals surface area (Å²) in [5.41, 5.74) is -0.370. The molecule has 5 rings (SSSR count). The molecule has 36 heavy (non-hydrogen) atoms. The average Bonchev–Trinajstić information content (AvgIpc) is 2.82. The number of halogens is 3. The molecule has 0 aliphatic carbocycles. The molecule has 1 N–H and O–H groups in total. The number of benzene rings is 2. The second-order valence-electron chi connectivity index (χ2n) is 9.58. The molecule has 3 aliphatic rings. The molecular weight excluding hydrogens is 536 g/mol. The summed E-state index contributed by atoms with van der Waals surface area (Å²) in [4.78, 5) is -0.0980. The van der Waals surface area contributed by atoms with Crippen LogP contribution < -0.4 is 10.1 Å². The minimum absolute atomic E-state index is 0.0145. The fraction of sp³-hybridized carbons (Fsp3) is 0.500. The van der Waals surface area contributed by atoms with Crippen molar-refractivity contribution in [2.45, 2.75) is 28.6 Å². The van der Waals surface area contributed by atoms with Gasteiger partial charge in [0.05, 0.1) is 34.7 Å². The van der Waals surface area contributed by atoms with E-state index in [9.17, 15) is 21.2 Å². The van der Waals surface area contributed by atoms with Gasteiger partial charge in [-0.3, -0.25) is 0 Å². The van der Waals surface area contributed by atoms with Crippen molar-refractivity contribution in [3.05, 3.63) is 58.6 Å². The van der Waals surface area contributed by atoms with E-state index < -0.39 is 53.8 Å². The van der Waals surface area contributed by atoms with E-state index >= 15 is 4.39 Å². The molecule has 2 aromatic rings. The zero-order valence-corrected chi connectivity index (χ0v) is 21.6. The van der Waals surface area contributed by atoms with Crippen LogP contribution in [0.1, 0.15) is 18.4 Å². The normalized spacial score (nSPS) is 26.4. The molecule has 196 valence electrons. The predicted octanol–water partition coefficient (Wildman–Crippen LogP) is 3.11. The van der Waals surface area contributed by atoms with Gasteiger partial charge in [-0.1, -0.05) is 11.6 Å². The van der Waals surface area contributed by atoms with Gasteiger partial charge in [-0.05, 0) is 55.2 Å². The van der Waals surface area contributed by atoms with Crippen LogP contribution >= 0.6 is 11.6 Å². The maximum atomic E-state index is 15.4. The molecule has 0 saturated carbocycles. The van der Waals surface area contributed by atoms with Gasteiger partial charge in [0, 0.05) is 30.6 Å². The fourth-order valence-electron chi connectivity index (χ4n) is 5.54. The summed E-state index contributed by atoms with van der Waals surface area (Å²) in [6.45, 7) is 0.937. The van der Waals surface area contributed by atoms with Crippen molar-refractivity contribution >= 4 is 31.3 Å². The van der Waals surface area contributed by atoms with Crippen molar-refractivity contribution in [3.63, 3.8) is 0 Å². The molecule has 7 nitrogen and oxygen atoms in total. The third-order valence-electron chi connectivity index (χ3n) is 7.41. The summed E-state index contributed by atoms with van der Waals surface area (Å²) in [6, 6.07) is 7.28. The fourth-order valence-corrected chi connectivity index (χ4v) is 9.72. The zero-order chi connectivity index (χ0) is 25.7. The van der Waals surface area contributed by atoms with Crippen LogP contribution in [0.25, 0.3) is 0 Å². The zero-order valence-electron chi connectivity index (χ0n) is 19.3. The molecule has 0 amide bonds. The van der Waals surface area contributed by atoms with Crippen molar-refractivity contribution in [3.8, 4) is 5.75 Å². The van der Waals surface area contributed by atoms with E-state index in [1.54, 1.807) is 0 Å². The third kappa shape index (κ3) is 4.32. The lowest BCUT2D eigenvalue weighted by Crippen LogP contribution is -2.57. The number of hydrogen-bond acceptors (Lipinski definition) is 7. The number of sulfone groups is 2. The largest absolute Gasteiger partial charge is 0.490 e. The van der Waals surface area contributed by atoms with Gasteiger partial charge >= 0.3 is 0 Å². The standard InChI is InChI=1S/C24H26ClF2NO6S2/c25-16-1-3-17(4-2-16)36(31,32)24-8-9-33-21(7-10-35(29,30)14-15-11-28-12-15)18(24)13-34-23-20(27)6-5-19(26)22(23)24/h1-6,15,18,21,28H,7-14H2/t18-,21-,24-/m0/s1. The van der Waals surface area contributed by atoms with Crippen LogP contribution in [0.15, 0.2) is 41.3 Å². The minimum Gasteiger partial charge on any atom is -0.490 e. The molecule has 2 aromatic carbocycles. The van der Waals surface area contributed by atoms with Gasteiger partial charge in [-0.2, -0.15) is 0 Å². The first-order chi connectivity index (χ1) is 17.0. The SMILES string of the molecule is O=S(=O)(CC[C@@H]1OCC[C@@]2(S(=O)(=O)c3ccc(Cl)cc3)c3c(F)ccc(F)c3OC[C@@H]12)CC1CNC1. The molecule has 12 heteroatoms. The number of rotatable bonds is 7. The van der Waals surface area contributed by atoms with Crippen molar-refractivity contribution in [2.24, 2.45) is 11.8 Å². The van der Waals surface area contributed by atoms with Crippen LogP contribution in [-0.4, -0.2) is 60.7 Å². The number of ether oxygens (including phenoxy) is 2. The lowest BCUT2D eigenvalue weighted by atomic mass is 9.75. The molecule has 3 heterocycles. The summed E-state index contributed by atoms with van der Waals surface area (Å²) in [7, 11) is -7.76. The van der Waals surface area contributed by atoms with Crippen LogP contribution in [0.4, 0.5) is 8.78 Å². The lowest BCUT2D eigenvalue weighted by molar-refractivity contribution is -0.0732. The first-order valence-corrected chi connectivity index (χ1v) is 15.4. The molecule has 3 aliphatic heterocycles. The van der Waals surface area contributed by atoms with Crippen LogP contribution in [0.5, 0.6) is 5.75 Å². The average molecular weight is 562 g/mol. The number of hydrogen-bond donors (Lipinski definition) is 1. The Hall–Kier alpha value is -1.79. The van der Waals surface area contributed by atoms with E-state index in [4.69, 9.17) is 21.1 Å². The highest BCUT2D eigenvalue weighted by atomic mass is 35.5. The Kier molecular flexibility index (Phi) is 6.82. The second-order valence-corrected chi connectivity index (χ2v) is 14.5. The predicted molar refractivity (Wildman–Crippen MR) is 130 cm³/mol. The summed E-state index contributed by atoms with van der Waals surface area (Å²) < 4.78 is 93.7. The Labute approximate surface area is 214 Å². The molecule has 0 spiro atoms. The highest BCUT2D eigenvalue weighted by Gasteiger charge is 2.61. The van der Waals surface area contributed by atoms with E-state index in [1.165, 1.54) is 24.3 Å². The second kappa shape index (κ2) is 9.50. The Morgan fingerprint density at radius 2 is 1.72 bits per heavy atom. The van der Waals surface area contributed by atoms with Gasteiger partial charge in [-0.25, -0.2) is 25.6 Å². The maximum absolute atomic E-state index is 15.4. The summed E-state index contributed by atoms with van der Waals surface area (Å²) in [5.74, 6) is -3.29. The Bertz CT molecular complexity index is 1370. The topological polar surface area (TPSA) is 98.8 Å². The van der Waals surface area contributed by atoms with Crippen molar-refractivity contribution in [1.82, 2.24) is 5.32 Å². The number of fused-ring (bicyclic) bond motifs is 3. The summed E-state index contributed by atoms with van der Waals surface area (Å²) >= 11 is 5.96. The molecule has 0 aromatic heterocycles. The first-order valence-electron chi connectivity index (χ1n) is 11.7. The molecule has 0 unspecified atom stereocenters. The molecule has 3 atom stereocenters. The smallest absolute Gasteiger partial charge is 0.189 e. The minimum atomic E-state index is -4.34. The molecule has 2 saturated heterocycles. The molecule has 2 fully saturated rings. The quantitative estimate of drug-likeness (QED) is 0.554. The van der Waals surface area contributed by atoms with Crippen LogP contribution in [0.3, 0.4) is 0 Å². The van der Waals surface area contributed by atoms with E-state index in [0.717, 1.165) is 12.1 Å². The molecule has 0 bridgehead atoms. The van der Waals surface area contributed by atoms with E-state index in [2.05, 4.69) is 5.32 Å². The Balaban J connectivity index is 1.58. The van der Waals surface area contributed by atoms with Crippen molar-refractivity contribution < 1.29 is 35.1 Å². The summed E-state index contributed by atoms with van der Waals surface area (Å²) in [6.07, 6.45) is -0.984.